The fourth-order valence-electron chi connectivity index (χ4n) is 2.66. The van der Waals surface area contributed by atoms with Crippen LogP contribution in [0.5, 0.6) is 5.75 Å². The molecule has 0 aliphatic rings. The van der Waals surface area contributed by atoms with Crippen molar-refractivity contribution in [2.45, 2.75) is 0 Å². The van der Waals surface area contributed by atoms with Gasteiger partial charge in [-0.25, -0.2) is 4.98 Å². The normalized spacial score (nSPS) is 11.0. The average Bonchev–Trinajstić information content (AvgIpc) is 3.20. The first kappa shape index (κ1) is 13.5. The molecule has 0 aromatic carbocycles. The van der Waals surface area contributed by atoms with Gasteiger partial charge in [0, 0.05) is 42.8 Å². The fourth-order valence-corrected chi connectivity index (χ4v) is 2.66. The van der Waals surface area contributed by atoms with Gasteiger partial charge in [0.2, 0.25) is 0 Å². The molecule has 4 aromatic heterocycles. The van der Waals surface area contributed by atoms with Crippen LogP contribution in [0.2, 0.25) is 0 Å². The minimum Gasteiger partial charge on any atom is -0.496 e. The number of fused-ring (bicyclic) bond motifs is 1. The lowest BCUT2D eigenvalue weighted by Gasteiger charge is -2.09. The van der Waals surface area contributed by atoms with E-state index in [9.17, 15) is 0 Å². The van der Waals surface area contributed by atoms with Crippen molar-refractivity contribution in [1.29, 1.82) is 0 Å². The lowest BCUT2D eigenvalue weighted by Crippen LogP contribution is -1.95. The van der Waals surface area contributed by atoms with Gasteiger partial charge in [-0.1, -0.05) is 6.07 Å². The topological polar surface area (TPSA) is 57.2 Å². The van der Waals surface area contributed by atoms with Gasteiger partial charge in [-0.05, 0) is 12.1 Å². The molecule has 0 fully saturated rings. The third kappa shape index (κ3) is 2.24. The predicted octanol–water partition coefficient (Wildman–Crippen LogP) is 2.81. The summed E-state index contributed by atoms with van der Waals surface area (Å²) in [4.78, 5) is 8.88. The highest BCUT2D eigenvalue weighted by Crippen LogP contribution is 2.32. The van der Waals surface area contributed by atoms with Crippen molar-refractivity contribution >= 4 is 5.65 Å². The predicted molar refractivity (Wildman–Crippen MR) is 87.2 cm³/mol. The Kier molecular flexibility index (Phi) is 3.08. The number of methoxy groups -OCH3 is 1. The first-order chi connectivity index (χ1) is 11.3. The summed E-state index contributed by atoms with van der Waals surface area (Å²) in [5.74, 6) is 0.767. The van der Waals surface area contributed by atoms with E-state index in [0.717, 1.165) is 33.9 Å². The van der Waals surface area contributed by atoms with Gasteiger partial charge in [-0.2, -0.15) is 5.10 Å². The molecule has 0 bridgehead atoms. The molecule has 4 rings (SSSR count). The summed E-state index contributed by atoms with van der Waals surface area (Å²) in [6.07, 6.45) is 9.40. The van der Waals surface area contributed by atoms with E-state index in [1.165, 1.54) is 0 Å². The van der Waals surface area contributed by atoms with E-state index in [-0.39, 0.29) is 0 Å². The van der Waals surface area contributed by atoms with Crippen LogP contribution < -0.4 is 4.74 Å². The number of aryl methyl sites for hydroxylation is 1. The minimum atomic E-state index is 0.767. The molecule has 23 heavy (non-hydrogen) atoms. The van der Waals surface area contributed by atoms with Crippen LogP contribution >= 0.6 is 0 Å². The molecule has 4 aromatic rings. The molecule has 0 spiro atoms. The van der Waals surface area contributed by atoms with E-state index in [0.29, 0.717) is 0 Å². The number of hydrogen-bond acceptors (Lipinski definition) is 4. The summed E-state index contributed by atoms with van der Waals surface area (Å²) >= 11 is 0. The maximum Gasteiger partial charge on any atom is 0.140 e. The van der Waals surface area contributed by atoms with Gasteiger partial charge < -0.3 is 4.74 Å². The number of imidazole rings is 1. The Bertz CT molecular complexity index is 971. The van der Waals surface area contributed by atoms with Crippen molar-refractivity contribution in [3.05, 3.63) is 55.2 Å². The second-order valence-corrected chi connectivity index (χ2v) is 5.24. The second kappa shape index (κ2) is 5.24. The molecule has 6 nitrogen and oxygen atoms in total. The summed E-state index contributed by atoms with van der Waals surface area (Å²) in [6, 6.07) is 7.76. The molecule has 0 saturated carbocycles. The fraction of sp³-hybridized carbons (Fsp3) is 0.118. The van der Waals surface area contributed by atoms with Gasteiger partial charge in [0.15, 0.2) is 0 Å². The van der Waals surface area contributed by atoms with E-state index < -0.39 is 0 Å². The molecule has 0 unspecified atom stereocenters. The molecule has 0 aliphatic carbocycles. The van der Waals surface area contributed by atoms with E-state index >= 15 is 0 Å². The van der Waals surface area contributed by atoms with Crippen LogP contribution in [0, 0.1) is 0 Å². The van der Waals surface area contributed by atoms with E-state index in [4.69, 9.17) is 4.74 Å². The summed E-state index contributed by atoms with van der Waals surface area (Å²) < 4.78 is 9.32. The van der Waals surface area contributed by atoms with Crippen LogP contribution in [-0.4, -0.2) is 31.3 Å². The van der Waals surface area contributed by atoms with Gasteiger partial charge in [0.1, 0.15) is 11.4 Å². The molecule has 0 aliphatic heterocycles. The minimum absolute atomic E-state index is 0.767. The van der Waals surface area contributed by atoms with Crippen molar-refractivity contribution in [3.63, 3.8) is 0 Å². The molecule has 0 amide bonds. The lowest BCUT2D eigenvalue weighted by atomic mass is 10.1. The molecule has 0 atom stereocenters. The largest absolute Gasteiger partial charge is 0.496 e. The zero-order chi connectivity index (χ0) is 15.8. The number of hydrogen-bond donors (Lipinski definition) is 0. The zero-order valence-electron chi connectivity index (χ0n) is 12.8. The number of aromatic nitrogens is 5. The highest BCUT2D eigenvalue weighted by Gasteiger charge is 2.14. The third-order valence-electron chi connectivity index (χ3n) is 3.77. The quantitative estimate of drug-likeness (QED) is 0.584. The second-order valence-electron chi connectivity index (χ2n) is 5.24. The van der Waals surface area contributed by atoms with Crippen LogP contribution in [0.4, 0.5) is 0 Å². The third-order valence-corrected chi connectivity index (χ3v) is 3.77. The van der Waals surface area contributed by atoms with Crippen molar-refractivity contribution in [3.8, 4) is 28.3 Å². The van der Waals surface area contributed by atoms with Crippen molar-refractivity contribution < 1.29 is 4.74 Å². The Morgan fingerprint density at radius 2 is 2.00 bits per heavy atom. The van der Waals surface area contributed by atoms with E-state index in [1.54, 1.807) is 18.0 Å². The van der Waals surface area contributed by atoms with Gasteiger partial charge in [0.05, 0.1) is 30.9 Å². The molecule has 114 valence electrons. The highest BCUT2D eigenvalue weighted by atomic mass is 16.5. The summed E-state index contributed by atoms with van der Waals surface area (Å²) in [7, 11) is 3.55. The monoisotopic (exact) mass is 305 g/mol. The lowest BCUT2D eigenvalue weighted by molar-refractivity contribution is 0.416. The number of ether oxygens (including phenoxy) is 1. The SMILES string of the molecule is COc1cc2ncc(-c3ccccn3)n2cc1-c1cnn(C)c1. The molecule has 0 N–H and O–H groups in total. The molecule has 4 heterocycles. The van der Waals surface area contributed by atoms with Crippen LogP contribution in [-0.2, 0) is 7.05 Å². The molecular weight excluding hydrogens is 290 g/mol. The summed E-state index contributed by atoms with van der Waals surface area (Å²) in [6.45, 7) is 0. The van der Waals surface area contributed by atoms with Crippen LogP contribution in [0.25, 0.3) is 28.2 Å². The Morgan fingerprint density at radius 3 is 2.70 bits per heavy atom. The standard InChI is InChI=1S/C17H15N5O/c1-21-10-12(8-20-21)13-11-22-15(14-5-3-4-6-18-14)9-19-17(22)7-16(13)23-2/h3-11H,1-2H3. The Labute approximate surface area is 133 Å². The van der Waals surface area contributed by atoms with E-state index in [1.807, 2.05) is 60.5 Å². The average molecular weight is 305 g/mol. The van der Waals surface area contributed by atoms with Crippen molar-refractivity contribution in [2.24, 2.45) is 7.05 Å². The summed E-state index contributed by atoms with van der Waals surface area (Å²) in [5, 5.41) is 4.24. The van der Waals surface area contributed by atoms with Crippen LogP contribution in [0.15, 0.2) is 55.2 Å². The van der Waals surface area contributed by atoms with Gasteiger partial charge in [-0.15, -0.1) is 0 Å². The zero-order valence-corrected chi connectivity index (χ0v) is 12.8. The van der Waals surface area contributed by atoms with Crippen LogP contribution in [0.1, 0.15) is 0 Å². The van der Waals surface area contributed by atoms with Gasteiger partial charge in [-0.3, -0.25) is 14.1 Å². The number of pyridine rings is 2. The Hall–Kier alpha value is -3.15. The maximum atomic E-state index is 5.53. The first-order valence-corrected chi connectivity index (χ1v) is 7.22. The molecule has 0 radical (unpaired) electrons. The maximum absolute atomic E-state index is 5.53. The number of nitrogens with zero attached hydrogens (tertiary/aromatic N) is 5. The Balaban J connectivity index is 1.96. The Morgan fingerprint density at radius 1 is 1.09 bits per heavy atom. The van der Waals surface area contributed by atoms with Crippen molar-refractivity contribution in [1.82, 2.24) is 24.1 Å². The van der Waals surface area contributed by atoms with Crippen molar-refractivity contribution in [2.75, 3.05) is 7.11 Å². The first-order valence-electron chi connectivity index (χ1n) is 7.22. The van der Waals surface area contributed by atoms with Gasteiger partial charge in [0.25, 0.3) is 0 Å². The molecule has 6 heteroatoms. The van der Waals surface area contributed by atoms with Crippen LogP contribution in [0.3, 0.4) is 0 Å². The van der Waals surface area contributed by atoms with E-state index in [2.05, 4.69) is 15.1 Å². The molecule has 0 saturated heterocycles. The highest BCUT2D eigenvalue weighted by molar-refractivity contribution is 5.73. The summed E-state index contributed by atoms with van der Waals surface area (Å²) in [5.41, 5.74) is 4.58. The van der Waals surface area contributed by atoms with Gasteiger partial charge >= 0.3 is 0 Å². The smallest absolute Gasteiger partial charge is 0.140 e. The number of rotatable bonds is 3. The molecular formula is C17H15N5O.